The first-order valence-electron chi connectivity index (χ1n) is 7.63. The lowest BCUT2D eigenvalue weighted by Gasteiger charge is -2.27. The molecular formula is C16H19BrFNO5S. The average Bonchev–Trinajstić information content (AvgIpc) is 2.94. The van der Waals surface area contributed by atoms with Gasteiger partial charge in [0, 0.05) is 29.1 Å². The lowest BCUT2D eigenvalue weighted by atomic mass is 9.97. The van der Waals surface area contributed by atoms with E-state index in [0.29, 0.717) is 10.2 Å². The predicted octanol–water partition coefficient (Wildman–Crippen LogP) is 2.84. The van der Waals surface area contributed by atoms with Crippen LogP contribution in [0.25, 0.3) is 0 Å². The number of halogens is 2. The van der Waals surface area contributed by atoms with Gasteiger partial charge in [0.05, 0.1) is 12.3 Å². The van der Waals surface area contributed by atoms with E-state index >= 15 is 0 Å². The van der Waals surface area contributed by atoms with Gasteiger partial charge in [-0.05, 0) is 32.0 Å². The van der Waals surface area contributed by atoms with Gasteiger partial charge in [-0.2, -0.15) is 0 Å². The monoisotopic (exact) mass is 435 g/mol. The van der Waals surface area contributed by atoms with E-state index in [2.05, 4.69) is 21.1 Å². The second-order valence-corrected chi connectivity index (χ2v) is 9.38. The van der Waals surface area contributed by atoms with Gasteiger partial charge in [-0.1, -0.05) is 21.1 Å². The Morgan fingerprint density at radius 3 is 2.76 bits per heavy atom. The quantitative estimate of drug-likeness (QED) is 0.641. The van der Waals surface area contributed by atoms with Crippen LogP contribution < -0.4 is 0 Å². The minimum atomic E-state index is -3.75. The van der Waals surface area contributed by atoms with Crippen molar-refractivity contribution in [2.24, 2.45) is 5.16 Å². The lowest BCUT2D eigenvalue weighted by Crippen LogP contribution is -2.47. The van der Waals surface area contributed by atoms with Crippen LogP contribution in [0.2, 0.25) is 0 Å². The zero-order chi connectivity index (χ0) is 18.8. The van der Waals surface area contributed by atoms with Crippen molar-refractivity contribution < 1.29 is 27.2 Å². The van der Waals surface area contributed by atoms with Crippen molar-refractivity contribution in [3.63, 3.8) is 0 Å². The van der Waals surface area contributed by atoms with Crippen LogP contribution in [-0.4, -0.2) is 43.8 Å². The van der Waals surface area contributed by atoms with E-state index < -0.39 is 32.5 Å². The summed E-state index contributed by atoms with van der Waals surface area (Å²) in [5.41, 5.74) is 0.651. The van der Waals surface area contributed by atoms with Gasteiger partial charge in [-0.3, -0.25) is 4.79 Å². The van der Waals surface area contributed by atoms with Crippen molar-refractivity contribution >= 4 is 37.4 Å². The van der Waals surface area contributed by atoms with E-state index in [1.165, 1.54) is 13.0 Å². The molecule has 0 amide bonds. The van der Waals surface area contributed by atoms with Crippen LogP contribution in [0.5, 0.6) is 0 Å². The lowest BCUT2D eigenvalue weighted by molar-refractivity contribution is -0.146. The van der Waals surface area contributed by atoms with Crippen LogP contribution in [-0.2, 0) is 24.2 Å². The number of ether oxygens (including phenoxy) is 1. The highest BCUT2D eigenvalue weighted by Crippen LogP contribution is 2.31. The number of carbonyl (C=O) groups excluding carboxylic acids is 1. The minimum Gasteiger partial charge on any atom is -0.465 e. The van der Waals surface area contributed by atoms with Gasteiger partial charge in [-0.25, -0.2) is 12.8 Å². The molecular weight excluding hydrogens is 417 g/mol. The number of nitrogens with zero attached hydrogens (tertiary/aromatic N) is 1. The summed E-state index contributed by atoms with van der Waals surface area (Å²) in [5.74, 6) is -1.29. The largest absolute Gasteiger partial charge is 0.465 e. The van der Waals surface area contributed by atoms with Crippen molar-refractivity contribution in [1.29, 1.82) is 0 Å². The molecule has 0 spiro atoms. The molecule has 138 valence electrons. The molecule has 0 aliphatic carbocycles. The third kappa shape index (κ3) is 4.20. The number of rotatable bonds is 6. The van der Waals surface area contributed by atoms with Crippen molar-refractivity contribution in [2.45, 2.75) is 37.5 Å². The number of hydrogen-bond acceptors (Lipinski definition) is 6. The third-order valence-electron chi connectivity index (χ3n) is 4.12. The molecule has 1 aromatic rings. The van der Waals surface area contributed by atoms with Crippen molar-refractivity contribution in [1.82, 2.24) is 0 Å². The van der Waals surface area contributed by atoms with Crippen LogP contribution in [0.3, 0.4) is 0 Å². The summed E-state index contributed by atoms with van der Waals surface area (Å²) in [6.07, 6.45) is 0.385. The Morgan fingerprint density at radius 1 is 1.52 bits per heavy atom. The second-order valence-electron chi connectivity index (χ2n) is 6.02. The van der Waals surface area contributed by atoms with Crippen molar-refractivity contribution in [3.8, 4) is 0 Å². The van der Waals surface area contributed by atoms with E-state index in [9.17, 15) is 17.6 Å². The molecule has 2 rings (SSSR count). The van der Waals surface area contributed by atoms with Gasteiger partial charge >= 0.3 is 5.97 Å². The standard InChI is InChI=1S/C16H19BrFNO5S/c1-4-23-15(20)16(2,25(3,21)22)9-11-8-14(19-24-11)12-6-5-10(17)7-13(12)18/h5-7,11H,4,8-9H2,1-3H3. The van der Waals surface area contributed by atoms with Gasteiger partial charge in [0.15, 0.2) is 14.6 Å². The summed E-state index contributed by atoms with van der Waals surface area (Å²) in [5, 5.41) is 3.86. The van der Waals surface area contributed by atoms with Gasteiger partial charge in [-0.15, -0.1) is 0 Å². The molecule has 0 saturated heterocycles. The van der Waals surface area contributed by atoms with Crippen LogP contribution in [0.15, 0.2) is 27.8 Å². The summed E-state index contributed by atoms with van der Waals surface area (Å²) in [6, 6.07) is 4.54. The number of esters is 1. The Bertz CT molecular complexity index is 811. The maximum absolute atomic E-state index is 14.0. The minimum absolute atomic E-state index is 0.0708. The Hall–Kier alpha value is -1.48. The van der Waals surface area contributed by atoms with Crippen molar-refractivity contribution in [3.05, 3.63) is 34.1 Å². The second kappa shape index (κ2) is 7.41. The van der Waals surface area contributed by atoms with Gasteiger partial charge in [0.2, 0.25) is 0 Å². The molecule has 1 heterocycles. The summed E-state index contributed by atoms with van der Waals surface area (Å²) in [4.78, 5) is 17.4. The van der Waals surface area contributed by atoms with E-state index in [1.54, 1.807) is 19.1 Å². The maximum atomic E-state index is 14.0. The molecule has 25 heavy (non-hydrogen) atoms. The van der Waals surface area contributed by atoms with E-state index in [-0.39, 0.29) is 25.0 Å². The molecule has 0 N–H and O–H groups in total. The fourth-order valence-corrected chi connectivity index (χ4v) is 3.71. The van der Waals surface area contributed by atoms with Crippen LogP contribution in [0.4, 0.5) is 4.39 Å². The fourth-order valence-electron chi connectivity index (χ4n) is 2.52. The summed E-state index contributed by atoms with van der Waals surface area (Å²) < 4.78 is 42.1. The number of hydrogen-bond donors (Lipinski definition) is 0. The average molecular weight is 436 g/mol. The molecule has 9 heteroatoms. The number of benzene rings is 1. The molecule has 1 aliphatic heterocycles. The van der Waals surface area contributed by atoms with Gasteiger partial charge < -0.3 is 9.57 Å². The van der Waals surface area contributed by atoms with Crippen molar-refractivity contribution in [2.75, 3.05) is 12.9 Å². The Kier molecular flexibility index (Phi) is 5.88. The number of carbonyl (C=O) groups is 1. The van der Waals surface area contributed by atoms with E-state index in [4.69, 9.17) is 9.57 Å². The summed E-state index contributed by atoms with van der Waals surface area (Å²) in [7, 11) is -3.75. The Labute approximate surface area is 154 Å². The zero-order valence-corrected chi connectivity index (χ0v) is 16.5. The highest BCUT2D eigenvalue weighted by Gasteiger charge is 2.48. The van der Waals surface area contributed by atoms with E-state index in [0.717, 1.165) is 6.26 Å². The first kappa shape index (κ1) is 19.8. The molecule has 0 saturated carbocycles. The number of oxime groups is 1. The van der Waals surface area contributed by atoms with Crippen LogP contribution >= 0.6 is 15.9 Å². The molecule has 1 aliphatic rings. The first-order chi connectivity index (χ1) is 11.6. The SMILES string of the molecule is CCOC(=O)C(C)(CC1CC(c2ccc(Br)cc2F)=NO1)S(C)(=O)=O. The highest BCUT2D eigenvalue weighted by molar-refractivity contribution is 9.10. The zero-order valence-electron chi connectivity index (χ0n) is 14.1. The smallest absolute Gasteiger partial charge is 0.327 e. The van der Waals surface area contributed by atoms with Crippen LogP contribution in [0.1, 0.15) is 32.3 Å². The van der Waals surface area contributed by atoms with Gasteiger partial charge in [0.25, 0.3) is 0 Å². The molecule has 2 unspecified atom stereocenters. The number of sulfone groups is 1. The Balaban J connectivity index is 2.18. The normalized spacial score (nSPS) is 19.7. The molecule has 0 radical (unpaired) electrons. The van der Waals surface area contributed by atoms with Gasteiger partial charge in [0.1, 0.15) is 11.9 Å². The van der Waals surface area contributed by atoms with E-state index in [1.807, 2.05) is 0 Å². The molecule has 0 fully saturated rings. The molecule has 0 aromatic heterocycles. The van der Waals surface area contributed by atoms with Crippen LogP contribution in [0, 0.1) is 5.82 Å². The first-order valence-corrected chi connectivity index (χ1v) is 10.3. The molecule has 1 aromatic carbocycles. The molecule has 2 atom stereocenters. The molecule has 6 nitrogen and oxygen atoms in total. The molecule has 0 bridgehead atoms. The third-order valence-corrected chi connectivity index (χ3v) is 6.58. The topological polar surface area (TPSA) is 82.0 Å². The summed E-state index contributed by atoms with van der Waals surface area (Å²) in [6.45, 7) is 2.98. The highest BCUT2D eigenvalue weighted by atomic mass is 79.9. The maximum Gasteiger partial charge on any atom is 0.327 e. The predicted molar refractivity (Wildman–Crippen MR) is 94.6 cm³/mol. The fraction of sp³-hybridized carbons (Fsp3) is 0.500. The Morgan fingerprint density at radius 2 is 2.20 bits per heavy atom. The summed E-state index contributed by atoms with van der Waals surface area (Å²) >= 11 is 3.18.